The number of carbonyl (C=O) groups is 1. The first-order valence-corrected chi connectivity index (χ1v) is 11.6. The lowest BCUT2D eigenvalue weighted by Crippen LogP contribution is -2.48. The molecule has 170 valence electrons. The van der Waals surface area contributed by atoms with E-state index in [1.54, 1.807) is 31.7 Å². The third-order valence-corrected chi connectivity index (χ3v) is 7.73. The summed E-state index contributed by atoms with van der Waals surface area (Å²) in [5.41, 5.74) is -1.04. The molecule has 0 saturated carbocycles. The van der Waals surface area contributed by atoms with Crippen molar-refractivity contribution in [3.8, 4) is 0 Å². The number of hydrogen-bond donors (Lipinski definition) is 1. The number of piperazine rings is 1. The quantitative estimate of drug-likeness (QED) is 0.680. The largest absolute Gasteiger partial charge is 0.416 e. The predicted molar refractivity (Wildman–Crippen MR) is 110 cm³/mol. The van der Waals surface area contributed by atoms with E-state index in [9.17, 15) is 26.4 Å². The molecule has 1 aromatic heterocycles. The summed E-state index contributed by atoms with van der Waals surface area (Å²) < 4.78 is 65.5. The maximum atomic E-state index is 12.9. The number of hydrogen-bond acceptors (Lipinski definition) is 7. The van der Waals surface area contributed by atoms with Crippen molar-refractivity contribution < 1.29 is 26.4 Å². The number of alkyl halides is 3. The van der Waals surface area contributed by atoms with Crippen LogP contribution in [0.15, 0.2) is 28.6 Å². The summed E-state index contributed by atoms with van der Waals surface area (Å²) in [4.78, 5) is 13.7. The number of nitrogens with zero attached hydrogens (tertiary/aromatic N) is 4. The molecule has 0 bridgehead atoms. The van der Waals surface area contributed by atoms with Gasteiger partial charge in [0.15, 0.2) is 0 Å². The third-order valence-electron chi connectivity index (χ3n) is 4.65. The second-order valence-electron chi connectivity index (χ2n) is 8.02. The van der Waals surface area contributed by atoms with Gasteiger partial charge in [0.25, 0.3) is 10.0 Å². The van der Waals surface area contributed by atoms with Crippen LogP contribution in [-0.4, -0.2) is 55.0 Å². The molecule has 1 N–H and O–H groups in total. The van der Waals surface area contributed by atoms with Crippen molar-refractivity contribution in [1.82, 2.24) is 14.5 Å². The van der Waals surface area contributed by atoms with E-state index in [-0.39, 0.29) is 41.6 Å². The van der Waals surface area contributed by atoms with E-state index in [2.05, 4.69) is 15.5 Å². The predicted octanol–water partition coefficient (Wildman–Crippen LogP) is 3.05. The molecule has 0 unspecified atom stereocenters. The van der Waals surface area contributed by atoms with E-state index in [0.29, 0.717) is 5.69 Å². The Morgan fingerprint density at radius 3 is 2.32 bits per heavy atom. The van der Waals surface area contributed by atoms with Crippen LogP contribution in [0.4, 0.5) is 24.0 Å². The number of anilines is 2. The van der Waals surface area contributed by atoms with Crippen LogP contribution in [0.1, 0.15) is 26.3 Å². The summed E-state index contributed by atoms with van der Waals surface area (Å²) in [6.07, 6.45) is -4.45. The number of aromatic nitrogens is 2. The zero-order valence-corrected chi connectivity index (χ0v) is 18.7. The van der Waals surface area contributed by atoms with Crippen molar-refractivity contribution in [1.29, 1.82) is 0 Å². The van der Waals surface area contributed by atoms with Gasteiger partial charge in [-0.3, -0.25) is 4.79 Å². The van der Waals surface area contributed by atoms with E-state index in [1.165, 1.54) is 10.4 Å². The van der Waals surface area contributed by atoms with E-state index in [1.807, 2.05) is 0 Å². The van der Waals surface area contributed by atoms with Crippen molar-refractivity contribution in [2.45, 2.75) is 31.3 Å². The molecule has 2 aromatic rings. The minimum atomic E-state index is -4.45. The lowest BCUT2D eigenvalue weighted by atomic mass is 9.96. The molecule has 1 saturated heterocycles. The van der Waals surface area contributed by atoms with Gasteiger partial charge in [0.05, 0.1) is 5.56 Å². The van der Waals surface area contributed by atoms with E-state index >= 15 is 0 Å². The van der Waals surface area contributed by atoms with Crippen LogP contribution >= 0.6 is 11.3 Å². The number of amides is 1. The molecule has 1 aliphatic rings. The Kier molecular flexibility index (Phi) is 6.31. The van der Waals surface area contributed by atoms with Crippen LogP contribution in [0.25, 0.3) is 0 Å². The Hall–Kier alpha value is -2.25. The third kappa shape index (κ3) is 5.33. The smallest absolute Gasteiger partial charge is 0.369 e. The highest BCUT2D eigenvalue weighted by Crippen LogP contribution is 2.32. The van der Waals surface area contributed by atoms with Gasteiger partial charge in [-0.15, -0.1) is 10.2 Å². The van der Waals surface area contributed by atoms with Crippen LogP contribution in [0.2, 0.25) is 0 Å². The highest BCUT2D eigenvalue weighted by Gasteiger charge is 2.34. The van der Waals surface area contributed by atoms with E-state index in [0.717, 1.165) is 23.5 Å². The zero-order chi connectivity index (χ0) is 23.0. The maximum absolute atomic E-state index is 12.9. The van der Waals surface area contributed by atoms with Crippen LogP contribution in [0, 0.1) is 5.41 Å². The SMILES string of the molecule is CC(C)(C)C(=O)Nc1nnc(S(=O)(=O)N2CCN(c3cccc(C(F)(F)F)c3)CC2)s1. The average Bonchev–Trinajstić information content (AvgIpc) is 3.16. The Bertz CT molecular complexity index is 1060. The average molecular weight is 478 g/mol. The van der Waals surface area contributed by atoms with E-state index in [4.69, 9.17) is 0 Å². The summed E-state index contributed by atoms with van der Waals surface area (Å²) in [7, 11) is -3.93. The van der Waals surface area contributed by atoms with E-state index < -0.39 is 27.2 Å². The fourth-order valence-electron chi connectivity index (χ4n) is 2.83. The first kappa shape index (κ1) is 23.4. The zero-order valence-electron chi connectivity index (χ0n) is 17.1. The monoisotopic (exact) mass is 477 g/mol. The fraction of sp³-hybridized carbons (Fsp3) is 0.500. The minimum Gasteiger partial charge on any atom is -0.369 e. The van der Waals surface area contributed by atoms with Crippen LogP contribution in [-0.2, 0) is 21.0 Å². The van der Waals surface area contributed by atoms with Crippen molar-refractivity contribution in [3.63, 3.8) is 0 Å². The van der Waals surface area contributed by atoms with Gasteiger partial charge in [-0.2, -0.15) is 17.5 Å². The molecule has 0 spiro atoms. The van der Waals surface area contributed by atoms with Gasteiger partial charge in [0.2, 0.25) is 15.4 Å². The lowest BCUT2D eigenvalue weighted by molar-refractivity contribution is -0.137. The summed E-state index contributed by atoms with van der Waals surface area (Å²) in [6.45, 7) is 5.77. The Balaban J connectivity index is 1.67. The molecule has 0 atom stereocenters. The first-order valence-electron chi connectivity index (χ1n) is 9.36. The van der Waals surface area contributed by atoms with Crippen molar-refractivity contribution in [2.75, 3.05) is 36.4 Å². The van der Waals surface area contributed by atoms with Gasteiger partial charge in [0.1, 0.15) is 0 Å². The topological polar surface area (TPSA) is 95.5 Å². The van der Waals surface area contributed by atoms with Crippen LogP contribution in [0.5, 0.6) is 0 Å². The highest BCUT2D eigenvalue weighted by molar-refractivity contribution is 7.91. The lowest BCUT2D eigenvalue weighted by Gasteiger charge is -2.35. The van der Waals surface area contributed by atoms with Gasteiger partial charge in [-0.25, -0.2) is 8.42 Å². The second-order valence-corrected chi connectivity index (χ2v) is 11.1. The number of carbonyl (C=O) groups excluding carboxylic acids is 1. The second kappa shape index (κ2) is 8.36. The normalized spacial score (nSPS) is 16.4. The Morgan fingerprint density at radius 1 is 1.10 bits per heavy atom. The summed E-state index contributed by atoms with van der Waals surface area (Å²) in [6, 6.07) is 4.94. The molecular weight excluding hydrogens is 455 g/mol. The van der Waals surface area contributed by atoms with Gasteiger partial charge in [0, 0.05) is 37.3 Å². The maximum Gasteiger partial charge on any atom is 0.416 e. The molecule has 0 radical (unpaired) electrons. The van der Waals surface area contributed by atoms with Crippen LogP contribution in [0.3, 0.4) is 0 Å². The standard InChI is InChI=1S/C18H22F3N5O3S2/c1-17(2,3)14(27)22-15-23-24-16(30-15)31(28,29)26-9-7-25(8-10-26)13-6-4-5-12(11-13)18(19,20)21/h4-6,11H,7-10H2,1-3H3,(H,22,23,27). The van der Waals surface area contributed by atoms with Crippen molar-refractivity contribution in [3.05, 3.63) is 29.8 Å². The van der Waals surface area contributed by atoms with Gasteiger partial charge >= 0.3 is 6.18 Å². The molecule has 0 aliphatic carbocycles. The number of benzene rings is 1. The number of halogens is 3. The molecule has 8 nitrogen and oxygen atoms in total. The number of sulfonamides is 1. The molecular formula is C18H22F3N5O3S2. The summed E-state index contributed by atoms with van der Waals surface area (Å²) in [5.74, 6) is -0.317. The summed E-state index contributed by atoms with van der Waals surface area (Å²) >= 11 is 0.757. The van der Waals surface area contributed by atoms with Crippen LogP contribution < -0.4 is 10.2 Å². The molecule has 1 amide bonds. The Morgan fingerprint density at radius 2 is 1.74 bits per heavy atom. The molecule has 1 aliphatic heterocycles. The van der Waals surface area contributed by atoms with Crippen molar-refractivity contribution >= 4 is 38.1 Å². The molecule has 1 aromatic carbocycles. The van der Waals surface area contributed by atoms with Crippen molar-refractivity contribution in [2.24, 2.45) is 5.41 Å². The van der Waals surface area contributed by atoms with Gasteiger partial charge in [-0.1, -0.05) is 38.2 Å². The number of nitrogens with one attached hydrogen (secondary N) is 1. The van der Waals surface area contributed by atoms with Gasteiger partial charge < -0.3 is 10.2 Å². The molecule has 2 heterocycles. The molecule has 13 heteroatoms. The fourth-order valence-corrected chi connectivity index (χ4v) is 5.28. The molecule has 3 rings (SSSR count). The molecule has 31 heavy (non-hydrogen) atoms. The highest BCUT2D eigenvalue weighted by atomic mass is 32.2. The first-order chi connectivity index (χ1) is 14.3. The minimum absolute atomic E-state index is 0.0844. The Labute approximate surface area is 182 Å². The van der Waals surface area contributed by atoms with Gasteiger partial charge in [-0.05, 0) is 18.2 Å². The summed E-state index contributed by atoms with van der Waals surface area (Å²) in [5, 5.41) is 10.1. The number of rotatable bonds is 4. The molecule has 1 fully saturated rings.